The molecule has 0 spiro atoms. The lowest BCUT2D eigenvalue weighted by Crippen LogP contribution is -2.31. The van der Waals surface area contributed by atoms with Crippen LogP contribution >= 0.6 is 0 Å². The fraction of sp³-hybridized carbons (Fsp3) is 0.294. The molecule has 1 fully saturated rings. The predicted octanol–water partition coefficient (Wildman–Crippen LogP) is 2.32. The largest absolute Gasteiger partial charge is 0.481 e. The standard InChI is InChI=1S/C17H17NO3/c19-16(18-8-7-15(11-18)17(20)21)10-12-5-6-13-3-1-2-4-14(13)9-12/h1-6,9,15H,7-8,10-11H2,(H,20,21). The van der Waals surface area contributed by atoms with Crippen molar-refractivity contribution in [1.29, 1.82) is 0 Å². The summed E-state index contributed by atoms with van der Waals surface area (Å²) in [6, 6.07) is 14.0. The Kier molecular flexibility index (Phi) is 3.60. The summed E-state index contributed by atoms with van der Waals surface area (Å²) in [5.74, 6) is -1.21. The van der Waals surface area contributed by atoms with Gasteiger partial charge in [0.05, 0.1) is 12.3 Å². The van der Waals surface area contributed by atoms with Crippen LogP contribution in [0.2, 0.25) is 0 Å². The molecule has 0 aromatic heterocycles. The van der Waals surface area contributed by atoms with Gasteiger partial charge in [-0.2, -0.15) is 0 Å². The molecule has 1 aliphatic rings. The summed E-state index contributed by atoms with van der Waals surface area (Å²) < 4.78 is 0. The van der Waals surface area contributed by atoms with Crippen LogP contribution in [0.4, 0.5) is 0 Å². The Morgan fingerprint density at radius 2 is 1.90 bits per heavy atom. The van der Waals surface area contributed by atoms with E-state index in [2.05, 4.69) is 0 Å². The summed E-state index contributed by atoms with van der Waals surface area (Å²) in [7, 11) is 0. The Balaban J connectivity index is 1.70. The van der Waals surface area contributed by atoms with E-state index in [1.54, 1.807) is 4.90 Å². The summed E-state index contributed by atoms with van der Waals surface area (Å²) in [5.41, 5.74) is 0.970. The van der Waals surface area contributed by atoms with Crippen LogP contribution in [0.15, 0.2) is 42.5 Å². The highest BCUT2D eigenvalue weighted by Gasteiger charge is 2.30. The molecule has 2 aromatic rings. The Morgan fingerprint density at radius 3 is 2.62 bits per heavy atom. The van der Waals surface area contributed by atoms with Crippen LogP contribution < -0.4 is 0 Å². The normalized spacial score (nSPS) is 18.1. The zero-order valence-electron chi connectivity index (χ0n) is 11.7. The Hall–Kier alpha value is -2.36. The minimum atomic E-state index is -0.809. The SMILES string of the molecule is O=C(O)C1CCN(C(=O)Cc2ccc3ccccc3c2)C1. The van der Waals surface area contributed by atoms with Gasteiger partial charge in [0.25, 0.3) is 0 Å². The number of nitrogens with zero attached hydrogens (tertiary/aromatic N) is 1. The van der Waals surface area contributed by atoms with Crippen molar-refractivity contribution < 1.29 is 14.7 Å². The number of benzene rings is 2. The van der Waals surface area contributed by atoms with Crippen molar-refractivity contribution in [3.8, 4) is 0 Å². The average Bonchev–Trinajstić information content (AvgIpc) is 2.97. The second-order valence-corrected chi connectivity index (χ2v) is 5.52. The Bertz CT molecular complexity index is 695. The minimum Gasteiger partial charge on any atom is -0.481 e. The van der Waals surface area contributed by atoms with Crippen LogP contribution in [0.3, 0.4) is 0 Å². The topological polar surface area (TPSA) is 57.6 Å². The van der Waals surface area contributed by atoms with Gasteiger partial charge in [0.1, 0.15) is 0 Å². The van der Waals surface area contributed by atoms with Gasteiger partial charge in [-0.05, 0) is 22.8 Å². The first-order valence-corrected chi connectivity index (χ1v) is 7.12. The fourth-order valence-corrected chi connectivity index (χ4v) is 2.82. The molecule has 21 heavy (non-hydrogen) atoms. The number of carbonyl (C=O) groups excluding carboxylic acids is 1. The first-order valence-electron chi connectivity index (χ1n) is 7.12. The van der Waals surface area contributed by atoms with Crippen molar-refractivity contribution >= 4 is 22.6 Å². The van der Waals surface area contributed by atoms with Crippen LogP contribution in [0, 0.1) is 5.92 Å². The van der Waals surface area contributed by atoms with E-state index >= 15 is 0 Å². The number of hydrogen-bond donors (Lipinski definition) is 1. The first kappa shape index (κ1) is 13.6. The maximum absolute atomic E-state index is 12.3. The molecule has 0 aliphatic carbocycles. The van der Waals surface area contributed by atoms with E-state index < -0.39 is 11.9 Å². The van der Waals surface area contributed by atoms with Gasteiger partial charge in [-0.15, -0.1) is 0 Å². The summed E-state index contributed by atoms with van der Waals surface area (Å²) in [4.78, 5) is 24.8. The third-order valence-corrected chi connectivity index (χ3v) is 4.06. The molecule has 1 amide bonds. The number of carboxylic acids is 1. The van der Waals surface area contributed by atoms with Crippen molar-refractivity contribution in [3.63, 3.8) is 0 Å². The van der Waals surface area contributed by atoms with Gasteiger partial charge in [0.2, 0.25) is 5.91 Å². The number of aliphatic carboxylic acids is 1. The fourth-order valence-electron chi connectivity index (χ4n) is 2.82. The van der Waals surface area contributed by atoms with Crippen molar-refractivity contribution in [3.05, 3.63) is 48.0 Å². The van der Waals surface area contributed by atoms with Crippen molar-refractivity contribution in [2.75, 3.05) is 13.1 Å². The number of fused-ring (bicyclic) bond motifs is 1. The minimum absolute atomic E-state index is 0.00836. The van der Waals surface area contributed by atoms with Gasteiger partial charge in [0, 0.05) is 13.1 Å². The van der Waals surface area contributed by atoms with E-state index in [1.807, 2.05) is 42.5 Å². The van der Waals surface area contributed by atoms with Crippen molar-refractivity contribution in [2.45, 2.75) is 12.8 Å². The van der Waals surface area contributed by atoms with Gasteiger partial charge in [-0.25, -0.2) is 0 Å². The molecule has 1 atom stereocenters. The second kappa shape index (κ2) is 5.56. The molecule has 3 rings (SSSR count). The zero-order valence-corrected chi connectivity index (χ0v) is 11.7. The lowest BCUT2D eigenvalue weighted by Gasteiger charge is -2.16. The summed E-state index contributed by atoms with van der Waals surface area (Å²) in [5, 5.41) is 11.3. The highest BCUT2D eigenvalue weighted by atomic mass is 16.4. The van der Waals surface area contributed by atoms with Crippen LogP contribution in [0.1, 0.15) is 12.0 Å². The van der Waals surface area contributed by atoms with Gasteiger partial charge < -0.3 is 10.0 Å². The summed E-state index contributed by atoms with van der Waals surface area (Å²) >= 11 is 0. The van der Waals surface area contributed by atoms with Crippen molar-refractivity contribution in [2.24, 2.45) is 5.92 Å². The molecule has 0 saturated carbocycles. The average molecular weight is 283 g/mol. The maximum Gasteiger partial charge on any atom is 0.308 e. The highest BCUT2D eigenvalue weighted by Crippen LogP contribution is 2.19. The number of carboxylic acid groups (broad SMARTS) is 1. The van der Waals surface area contributed by atoms with E-state index in [0.29, 0.717) is 25.9 Å². The van der Waals surface area contributed by atoms with Crippen LogP contribution in [0.25, 0.3) is 10.8 Å². The molecule has 2 aromatic carbocycles. The maximum atomic E-state index is 12.3. The summed E-state index contributed by atoms with van der Waals surface area (Å²) in [6.45, 7) is 0.880. The molecular formula is C17H17NO3. The van der Waals surface area contributed by atoms with Crippen molar-refractivity contribution in [1.82, 2.24) is 4.90 Å². The van der Waals surface area contributed by atoms with Crippen LogP contribution in [-0.2, 0) is 16.0 Å². The zero-order chi connectivity index (χ0) is 14.8. The highest BCUT2D eigenvalue weighted by molar-refractivity contribution is 5.85. The Morgan fingerprint density at radius 1 is 1.14 bits per heavy atom. The van der Waals surface area contributed by atoms with E-state index in [9.17, 15) is 9.59 Å². The van der Waals surface area contributed by atoms with E-state index in [-0.39, 0.29) is 5.91 Å². The van der Waals surface area contributed by atoms with E-state index in [1.165, 1.54) is 0 Å². The molecule has 1 N–H and O–H groups in total. The monoisotopic (exact) mass is 283 g/mol. The number of rotatable bonds is 3. The Labute approximate surface area is 123 Å². The second-order valence-electron chi connectivity index (χ2n) is 5.52. The quantitative estimate of drug-likeness (QED) is 0.940. The molecule has 1 heterocycles. The lowest BCUT2D eigenvalue weighted by atomic mass is 10.0. The van der Waals surface area contributed by atoms with Gasteiger partial charge >= 0.3 is 5.97 Å². The third kappa shape index (κ3) is 2.89. The summed E-state index contributed by atoms with van der Waals surface area (Å²) in [6.07, 6.45) is 0.885. The van der Waals surface area contributed by atoms with Crippen LogP contribution in [0.5, 0.6) is 0 Å². The number of amides is 1. The van der Waals surface area contributed by atoms with E-state index in [0.717, 1.165) is 16.3 Å². The predicted molar refractivity (Wildman–Crippen MR) is 80.0 cm³/mol. The molecular weight excluding hydrogens is 266 g/mol. The van der Waals surface area contributed by atoms with Gasteiger partial charge in [-0.3, -0.25) is 9.59 Å². The van der Waals surface area contributed by atoms with Gasteiger partial charge in [-0.1, -0.05) is 42.5 Å². The molecule has 1 aliphatic heterocycles. The molecule has 4 nitrogen and oxygen atoms in total. The molecule has 1 saturated heterocycles. The molecule has 0 bridgehead atoms. The van der Waals surface area contributed by atoms with Crippen LogP contribution in [-0.4, -0.2) is 35.0 Å². The number of likely N-dealkylation sites (tertiary alicyclic amines) is 1. The number of carbonyl (C=O) groups is 2. The molecule has 4 heteroatoms. The van der Waals surface area contributed by atoms with E-state index in [4.69, 9.17) is 5.11 Å². The number of hydrogen-bond acceptors (Lipinski definition) is 2. The first-order chi connectivity index (χ1) is 10.1. The smallest absolute Gasteiger partial charge is 0.308 e. The lowest BCUT2D eigenvalue weighted by molar-refractivity contribution is -0.141. The third-order valence-electron chi connectivity index (χ3n) is 4.06. The molecule has 1 unspecified atom stereocenters. The molecule has 108 valence electrons. The molecule has 0 radical (unpaired) electrons. The van der Waals surface area contributed by atoms with Gasteiger partial charge in [0.15, 0.2) is 0 Å².